The van der Waals surface area contributed by atoms with E-state index in [2.05, 4.69) is 6.07 Å². The zero-order chi connectivity index (χ0) is 7.56. The highest BCUT2D eigenvalue weighted by molar-refractivity contribution is 6.33. The molecule has 0 fully saturated rings. The molecule has 0 atom stereocenters. The van der Waals surface area contributed by atoms with Crippen LogP contribution in [0.4, 0.5) is 0 Å². The molecule has 0 unspecified atom stereocenters. The van der Waals surface area contributed by atoms with Crippen molar-refractivity contribution < 1.29 is 0 Å². The third-order valence-electron chi connectivity index (χ3n) is 1.29. The van der Waals surface area contributed by atoms with Crippen LogP contribution in [0.1, 0.15) is 12.5 Å². The summed E-state index contributed by atoms with van der Waals surface area (Å²) in [7, 11) is 0. The average molecular weight is 174 g/mol. The van der Waals surface area contributed by atoms with E-state index in [1.807, 2.05) is 6.92 Å². The van der Waals surface area contributed by atoms with Crippen LogP contribution in [0.2, 0.25) is 10.0 Å². The molecule has 2 heteroatoms. The van der Waals surface area contributed by atoms with Crippen LogP contribution in [0, 0.1) is 6.07 Å². The van der Waals surface area contributed by atoms with Crippen LogP contribution in [0.25, 0.3) is 0 Å². The summed E-state index contributed by atoms with van der Waals surface area (Å²) in [6.45, 7) is 2.02. The highest BCUT2D eigenvalue weighted by Gasteiger charge is 1.97. The maximum atomic E-state index is 5.81. The van der Waals surface area contributed by atoms with Crippen molar-refractivity contribution in [1.29, 1.82) is 0 Å². The molecule has 0 aliphatic carbocycles. The molecule has 0 aliphatic heterocycles. The Morgan fingerprint density at radius 3 is 2.60 bits per heavy atom. The van der Waals surface area contributed by atoms with Crippen LogP contribution in [0.5, 0.6) is 0 Å². The van der Waals surface area contributed by atoms with E-state index >= 15 is 0 Å². The summed E-state index contributed by atoms with van der Waals surface area (Å²) in [6, 6.07) is 6.49. The van der Waals surface area contributed by atoms with Gasteiger partial charge in [-0.3, -0.25) is 0 Å². The molecule has 0 nitrogen and oxygen atoms in total. The Kier molecular flexibility index (Phi) is 2.58. The van der Waals surface area contributed by atoms with Crippen molar-refractivity contribution in [3.05, 3.63) is 33.8 Å². The molecule has 1 radical (unpaired) electrons. The summed E-state index contributed by atoms with van der Waals surface area (Å²) in [6.07, 6.45) is 0.874. The van der Waals surface area contributed by atoms with Gasteiger partial charge in [0.1, 0.15) is 0 Å². The van der Waals surface area contributed by atoms with Crippen molar-refractivity contribution in [2.75, 3.05) is 0 Å². The summed E-state index contributed by atoms with van der Waals surface area (Å²) < 4.78 is 0. The summed E-state index contributed by atoms with van der Waals surface area (Å²) in [5, 5.41) is 1.37. The van der Waals surface area contributed by atoms with Gasteiger partial charge in [0.2, 0.25) is 0 Å². The third-order valence-corrected chi connectivity index (χ3v) is 1.86. The van der Waals surface area contributed by atoms with Gasteiger partial charge in [-0.25, -0.2) is 0 Å². The van der Waals surface area contributed by atoms with Crippen LogP contribution in [-0.2, 0) is 6.42 Å². The molecule has 10 heavy (non-hydrogen) atoms. The van der Waals surface area contributed by atoms with Crippen LogP contribution in [-0.4, -0.2) is 0 Å². The fourth-order valence-electron chi connectivity index (χ4n) is 0.750. The Labute approximate surface area is 70.8 Å². The van der Waals surface area contributed by atoms with Crippen LogP contribution < -0.4 is 0 Å². The van der Waals surface area contributed by atoms with Crippen LogP contribution >= 0.6 is 23.2 Å². The average Bonchev–Trinajstić information content (AvgIpc) is 1.94. The molecule has 53 valence electrons. The van der Waals surface area contributed by atoms with Gasteiger partial charge in [-0.15, -0.1) is 0 Å². The highest BCUT2D eigenvalue weighted by atomic mass is 35.5. The molecule has 0 aliphatic rings. The van der Waals surface area contributed by atoms with E-state index in [-0.39, 0.29) is 0 Å². The van der Waals surface area contributed by atoms with E-state index in [4.69, 9.17) is 23.2 Å². The first kappa shape index (κ1) is 7.90. The quantitative estimate of drug-likeness (QED) is 0.612. The molecular formula is C8H7Cl2. The first-order valence-corrected chi connectivity index (χ1v) is 3.86. The lowest BCUT2D eigenvalue weighted by molar-refractivity contribution is 1.14. The van der Waals surface area contributed by atoms with Gasteiger partial charge >= 0.3 is 0 Å². The first-order valence-electron chi connectivity index (χ1n) is 3.10. The second-order valence-electron chi connectivity index (χ2n) is 1.99. The first-order chi connectivity index (χ1) is 4.74. The van der Waals surface area contributed by atoms with Crippen molar-refractivity contribution in [3.8, 4) is 0 Å². The van der Waals surface area contributed by atoms with E-state index in [1.54, 1.807) is 12.1 Å². The van der Waals surface area contributed by atoms with E-state index in [1.165, 1.54) is 0 Å². The smallest absolute Gasteiger partial charge is 0.0488 e. The van der Waals surface area contributed by atoms with Gasteiger partial charge in [0.15, 0.2) is 0 Å². The van der Waals surface area contributed by atoms with Gasteiger partial charge in [-0.05, 0) is 24.1 Å². The number of benzene rings is 1. The molecule has 0 amide bonds. The number of hydrogen-bond donors (Lipinski definition) is 0. The van der Waals surface area contributed by atoms with Crippen LogP contribution in [0.3, 0.4) is 0 Å². The number of rotatable bonds is 1. The second kappa shape index (κ2) is 3.27. The van der Waals surface area contributed by atoms with Crippen molar-refractivity contribution in [1.82, 2.24) is 0 Å². The largest absolute Gasteiger partial charge is 0.0840 e. The molecule has 0 saturated carbocycles. The number of halogens is 2. The Morgan fingerprint density at radius 2 is 2.10 bits per heavy atom. The Bertz CT molecular complexity index is 231. The predicted molar refractivity (Wildman–Crippen MR) is 44.7 cm³/mol. The highest BCUT2D eigenvalue weighted by Crippen LogP contribution is 2.19. The lowest BCUT2D eigenvalue weighted by atomic mass is 10.2. The monoisotopic (exact) mass is 173 g/mol. The topological polar surface area (TPSA) is 0 Å². The van der Waals surface area contributed by atoms with E-state index < -0.39 is 0 Å². The van der Waals surface area contributed by atoms with E-state index in [9.17, 15) is 0 Å². The molecule has 1 aromatic carbocycles. The minimum atomic E-state index is 0.626. The van der Waals surface area contributed by atoms with Crippen LogP contribution in [0.15, 0.2) is 12.1 Å². The maximum Gasteiger partial charge on any atom is 0.0488 e. The van der Waals surface area contributed by atoms with Gasteiger partial charge in [-0.1, -0.05) is 30.1 Å². The summed E-state index contributed by atoms with van der Waals surface area (Å²) in [5.41, 5.74) is 0.981. The summed E-state index contributed by atoms with van der Waals surface area (Å²) in [4.78, 5) is 0. The molecule has 1 aromatic rings. The standard InChI is InChI=1S/C8H7Cl2/c1-2-6-5-7(9)3-4-8(6)10/h3-4H,2H2,1H3. The van der Waals surface area contributed by atoms with Gasteiger partial charge in [0.05, 0.1) is 0 Å². The Morgan fingerprint density at radius 1 is 1.40 bits per heavy atom. The van der Waals surface area contributed by atoms with Gasteiger partial charge < -0.3 is 0 Å². The normalized spacial score (nSPS) is 9.90. The minimum Gasteiger partial charge on any atom is -0.0840 e. The summed E-state index contributed by atoms with van der Waals surface area (Å²) >= 11 is 11.5. The van der Waals surface area contributed by atoms with E-state index in [0.717, 1.165) is 17.0 Å². The van der Waals surface area contributed by atoms with E-state index in [0.29, 0.717) is 5.02 Å². The molecule has 0 saturated heterocycles. The SMILES string of the molecule is CCc1[c]c(Cl)ccc1Cl. The lowest BCUT2D eigenvalue weighted by Gasteiger charge is -1.98. The molecule has 1 rings (SSSR count). The molecule has 0 N–H and O–H groups in total. The number of aryl methyl sites for hydroxylation is 1. The Hall–Kier alpha value is -0.200. The lowest BCUT2D eigenvalue weighted by Crippen LogP contribution is -1.81. The molecule has 0 heterocycles. The summed E-state index contributed by atoms with van der Waals surface area (Å²) in [5.74, 6) is 0. The van der Waals surface area contributed by atoms with Gasteiger partial charge in [-0.2, -0.15) is 0 Å². The molecular weight excluding hydrogens is 167 g/mol. The second-order valence-corrected chi connectivity index (χ2v) is 2.80. The van der Waals surface area contributed by atoms with Gasteiger partial charge in [0.25, 0.3) is 0 Å². The minimum absolute atomic E-state index is 0.626. The third kappa shape index (κ3) is 1.65. The fourth-order valence-corrected chi connectivity index (χ4v) is 1.17. The molecule has 0 bridgehead atoms. The van der Waals surface area contributed by atoms with Crippen molar-refractivity contribution in [3.63, 3.8) is 0 Å². The maximum absolute atomic E-state index is 5.81. The van der Waals surface area contributed by atoms with Gasteiger partial charge in [0, 0.05) is 16.1 Å². The van der Waals surface area contributed by atoms with Crippen molar-refractivity contribution >= 4 is 23.2 Å². The zero-order valence-electron chi connectivity index (χ0n) is 5.62. The fraction of sp³-hybridized carbons (Fsp3) is 0.250. The van der Waals surface area contributed by atoms with Crippen molar-refractivity contribution in [2.24, 2.45) is 0 Å². The predicted octanol–water partition coefficient (Wildman–Crippen LogP) is 3.36. The van der Waals surface area contributed by atoms with Crippen molar-refractivity contribution in [2.45, 2.75) is 13.3 Å². The molecule has 0 aromatic heterocycles. The number of hydrogen-bond acceptors (Lipinski definition) is 0. The Balaban J connectivity index is 3.09. The molecule has 0 spiro atoms. The zero-order valence-corrected chi connectivity index (χ0v) is 7.13.